The van der Waals surface area contributed by atoms with Crippen LogP contribution >= 0.6 is 11.6 Å². The lowest BCUT2D eigenvalue weighted by atomic mass is 10.2. The van der Waals surface area contributed by atoms with Crippen LogP contribution in [-0.4, -0.2) is 21.4 Å². The molecule has 1 amide bonds. The summed E-state index contributed by atoms with van der Waals surface area (Å²) in [5.41, 5.74) is 1.60. The number of nitrogens with one attached hydrogen (secondary N) is 1. The van der Waals surface area contributed by atoms with Gasteiger partial charge in [-0.2, -0.15) is 0 Å². The standard InChI is InChI=1S/C21H16ClN3O3S/c1-23-17-10-6-15(7-11-17)21(26)24-18-4-3-5-20(14-18)29(27,28)25(2)19-12-8-16(22)9-13-19/h3-14H,2H3,(H,24,26). The molecule has 0 atom stereocenters. The van der Waals surface area contributed by atoms with Crippen molar-refractivity contribution in [3.8, 4) is 0 Å². The van der Waals surface area contributed by atoms with E-state index in [-0.39, 0.29) is 4.90 Å². The van der Waals surface area contributed by atoms with Crippen molar-refractivity contribution in [2.45, 2.75) is 4.90 Å². The number of carbonyl (C=O) groups excluding carboxylic acids is 1. The molecule has 0 aromatic heterocycles. The Morgan fingerprint density at radius 1 is 1.03 bits per heavy atom. The third-order valence-electron chi connectivity index (χ3n) is 4.20. The molecule has 0 bridgehead atoms. The van der Waals surface area contributed by atoms with Gasteiger partial charge in [0.05, 0.1) is 17.2 Å². The lowest BCUT2D eigenvalue weighted by Gasteiger charge is -2.20. The number of carbonyl (C=O) groups is 1. The molecule has 0 saturated carbocycles. The fourth-order valence-electron chi connectivity index (χ4n) is 2.57. The summed E-state index contributed by atoms with van der Waals surface area (Å²) in [5.74, 6) is -0.401. The Kier molecular flexibility index (Phi) is 5.87. The van der Waals surface area contributed by atoms with Crippen LogP contribution in [0.25, 0.3) is 4.85 Å². The Balaban J connectivity index is 1.83. The van der Waals surface area contributed by atoms with Crippen LogP contribution in [0.2, 0.25) is 5.02 Å². The lowest BCUT2D eigenvalue weighted by Crippen LogP contribution is -2.26. The van der Waals surface area contributed by atoms with E-state index >= 15 is 0 Å². The largest absolute Gasteiger partial charge is 0.322 e. The summed E-state index contributed by atoms with van der Waals surface area (Å²) >= 11 is 5.86. The van der Waals surface area contributed by atoms with Crippen molar-refractivity contribution >= 4 is 44.6 Å². The third-order valence-corrected chi connectivity index (χ3v) is 6.23. The minimum absolute atomic E-state index is 0.0381. The number of sulfonamides is 1. The number of halogens is 1. The Hall–Kier alpha value is -3.34. The van der Waals surface area contributed by atoms with Gasteiger partial charge in [-0.15, -0.1) is 0 Å². The van der Waals surface area contributed by atoms with E-state index in [1.165, 1.54) is 31.3 Å². The van der Waals surface area contributed by atoms with E-state index in [0.29, 0.717) is 27.6 Å². The quantitative estimate of drug-likeness (QED) is 0.587. The summed E-state index contributed by atoms with van der Waals surface area (Å²) in [6.45, 7) is 6.95. The zero-order chi connectivity index (χ0) is 21.0. The number of nitrogens with zero attached hydrogens (tertiary/aromatic N) is 2. The molecule has 0 heterocycles. The molecule has 0 spiro atoms. The molecule has 3 aromatic carbocycles. The SMILES string of the molecule is [C-]#[N+]c1ccc(C(=O)Nc2cccc(S(=O)(=O)N(C)c3ccc(Cl)cc3)c2)cc1. The summed E-state index contributed by atoms with van der Waals surface area (Å²) in [7, 11) is -2.38. The number of hydrogen-bond donors (Lipinski definition) is 1. The first-order chi connectivity index (χ1) is 13.8. The van der Waals surface area contributed by atoms with Crippen LogP contribution in [0.1, 0.15) is 10.4 Å². The van der Waals surface area contributed by atoms with Crippen LogP contribution in [0, 0.1) is 6.57 Å². The van der Waals surface area contributed by atoms with E-state index in [4.69, 9.17) is 18.2 Å². The van der Waals surface area contributed by atoms with Gasteiger partial charge in [-0.25, -0.2) is 13.3 Å². The molecule has 0 radical (unpaired) electrons. The van der Waals surface area contributed by atoms with Crippen molar-refractivity contribution in [3.63, 3.8) is 0 Å². The summed E-state index contributed by atoms with van der Waals surface area (Å²) in [5, 5.41) is 3.19. The van der Waals surface area contributed by atoms with Crippen LogP contribution in [-0.2, 0) is 10.0 Å². The molecule has 1 N–H and O–H groups in total. The van der Waals surface area contributed by atoms with Crippen LogP contribution in [0.4, 0.5) is 17.1 Å². The molecule has 0 fully saturated rings. The fraction of sp³-hybridized carbons (Fsp3) is 0.0476. The molecule has 0 unspecified atom stereocenters. The predicted octanol–water partition coefficient (Wildman–Crippen LogP) is 4.97. The topological polar surface area (TPSA) is 70.8 Å². The maximum absolute atomic E-state index is 12.9. The molecule has 3 aromatic rings. The Morgan fingerprint density at radius 3 is 2.31 bits per heavy atom. The molecular weight excluding hydrogens is 410 g/mol. The Labute approximate surface area is 174 Å². The number of benzene rings is 3. The molecule has 0 aliphatic carbocycles. The molecule has 6 nitrogen and oxygen atoms in total. The van der Waals surface area contributed by atoms with E-state index in [0.717, 1.165) is 4.31 Å². The summed E-state index contributed by atoms with van der Waals surface area (Å²) < 4.78 is 27.0. The van der Waals surface area contributed by atoms with Gasteiger partial charge in [0, 0.05) is 23.3 Å². The maximum atomic E-state index is 12.9. The first-order valence-corrected chi connectivity index (χ1v) is 10.3. The second-order valence-corrected chi connectivity index (χ2v) is 8.50. The van der Waals surface area contributed by atoms with Crippen LogP contribution in [0.5, 0.6) is 0 Å². The van der Waals surface area contributed by atoms with Crippen molar-refractivity contribution in [2.75, 3.05) is 16.7 Å². The van der Waals surface area contributed by atoms with Gasteiger partial charge >= 0.3 is 0 Å². The molecular formula is C21H16ClN3O3S. The molecule has 146 valence electrons. The van der Waals surface area contributed by atoms with E-state index in [9.17, 15) is 13.2 Å². The molecule has 0 aliphatic heterocycles. The highest BCUT2D eigenvalue weighted by Crippen LogP contribution is 2.25. The third kappa shape index (κ3) is 4.57. The number of amides is 1. The molecule has 3 rings (SSSR count). The van der Waals surface area contributed by atoms with Crippen molar-refractivity contribution in [1.82, 2.24) is 0 Å². The zero-order valence-electron chi connectivity index (χ0n) is 15.3. The van der Waals surface area contributed by atoms with Crippen LogP contribution in [0.3, 0.4) is 0 Å². The first kappa shape index (κ1) is 20.4. The van der Waals surface area contributed by atoms with Crippen LogP contribution < -0.4 is 9.62 Å². The van der Waals surface area contributed by atoms with Gasteiger partial charge in [0.15, 0.2) is 5.69 Å². The smallest absolute Gasteiger partial charge is 0.264 e. The summed E-state index contributed by atoms with van der Waals surface area (Å²) in [4.78, 5) is 15.7. The Morgan fingerprint density at radius 2 is 1.69 bits per heavy atom. The second kappa shape index (κ2) is 8.35. The van der Waals surface area contributed by atoms with E-state index in [1.54, 1.807) is 48.5 Å². The average Bonchev–Trinajstić information content (AvgIpc) is 2.74. The molecule has 0 aliphatic rings. The predicted molar refractivity (Wildman–Crippen MR) is 114 cm³/mol. The van der Waals surface area contributed by atoms with Crippen molar-refractivity contribution in [3.05, 3.63) is 94.8 Å². The molecule has 8 heteroatoms. The van der Waals surface area contributed by atoms with Gasteiger partial charge in [0.25, 0.3) is 15.9 Å². The second-order valence-electron chi connectivity index (χ2n) is 6.09. The normalized spacial score (nSPS) is 10.8. The highest BCUT2D eigenvalue weighted by Gasteiger charge is 2.22. The number of rotatable bonds is 5. The monoisotopic (exact) mass is 425 g/mol. The van der Waals surface area contributed by atoms with Gasteiger partial charge < -0.3 is 5.32 Å². The highest BCUT2D eigenvalue weighted by atomic mass is 35.5. The minimum Gasteiger partial charge on any atom is -0.322 e. The first-order valence-electron chi connectivity index (χ1n) is 8.45. The van der Waals surface area contributed by atoms with Crippen LogP contribution in [0.15, 0.2) is 77.7 Å². The minimum atomic E-state index is -3.83. The molecule has 29 heavy (non-hydrogen) atoms. The van der Waals surface area contributed by atoms with Gasteiger partial charge in [0.1, 0.15) is 0 Å². The maximum Gasteiger partial charge on any atom is 0.264 e. The average molecular weight is 426 g/mol. The van der Waals surface area contributed by atoms with Crippen molar-refractivity contribution in [1.29, 1.82) is 0 Å². The zero-order valence-corrected chi connectivity index (χ0v) is 16.9. The molecule has 0 saturated heterocycles. The fourth-order valence-corrected chi connectivity index (χ4v) is 3.94. The number of hydrogen-bond acceptors (Lipinski definition) is 3. The van der Waals surface area contributed by atoms with Crippen molar-refractivity contribution in [2.24, 2.45) is 0 Å². The van der Waals surface area contributed by atoms with Gasteiger partial charge in [-0.05, 0) is 42.5 Å². The Bertz CT molecular complexity index is 1190. The van der Waals surface area contributed by atoms with Crippen molar-refractivity contribution < 1.29 is 13.2 Å². The van der Waals surface area contributed by atoms with E-state index < -0.39 is 15.9 Å². The van der Waals surface area contributed by atoms with E-state index in [1.807, 2.05) is 0 Å². The summed E-state index contributed by atoms with van der Waals surface area (Å²) in [6.07, 6.45) is 0. The van der Waals surface area contributed by atoms with Gasteiger partial charge in [-0.1, -0.05) is 41.9 Å². The van der Waals surface area contributed by atoms with Gasteiger partial charge in [-0.3, -0.25) is 9.10 Å². The van der Waals surface area contributed by atoms with E-state index in [2.05, 4.69) is 10.2 Å². The highest BCUT2D eigenvalue weighted by molar-refractivity contribution is 7.92. The number of anilines is 2. The van der Waals surface area contributed by atoms with Gasteiger partial charge in [0.2, 0.25) is 0 Å². The summed E-state index contributed by atoms with van der Waals surface area (Å²) in [6, 6.07) is 18.6. The lowest BCUT2D eigenvalue weighted by molar-refractivity contribution is 0.102.